The smallest absolute Gasteiger partial charge is 0.338 e. The molecule has 0 radical (unpaired) electrons. The van der Waals surface area contributed by atoms with Gasteiger partial charge in [0.1, 0.15) is 30.0 Å². The number of hydrogen-bond donors (Lipinski definition) is 3. The summed E-state index contributed by atoms with van der Waals surface area (Å²) < 4.78 is 16.8. The van der Waals surface area contributed by atoms with Gasteiger partial charge in [-0.25, -0.2) is 10.2 Å². The second kappa shape index (κ2) is 9.65. The number of carbonyl (C=O) groups excluding carboxylic acids is 1. The minimum Gasteiger partial charge on any atom is -0.507 e. The molecule has 0 amide bonds. The van der Waals surface area contributed by atoms with Gasteiger partial charge >= 0.3 is 5.97 Å². The summed E-state index contributed by atoms with van der Waals surface area (Å²) >= 11 is 0. The second-order valence-corrected chi connectivity index (χ2v) is 7.35. The summed E-state index contributed by atoms with van der Waals surface area (Å²) in [5.41, 5.74) is 8.42. The third-order valence-corrected chi connectivity index (χ3v) is 4.75. The maximum atomic E-state index is 11.8. The highest BCUT2D eigenvalue weighted by Gasteiger charge is 2.37. The quantitative estimate of drug-likeness (QED) is 0.452. The van der Waals surface area contributed by atoms with E-state index in [-0.39, 0.29) is 29.9 Å². The summed E-state index contributed by atoms with van der Waals surface area (Å²) in [4.78, 5) is 11.8. The molecule has 0 bridgehead atoms. The lowest BCUT2D eigenvalue weighted by atomic mass is 9.98. The molecule has 2 aromatic carbocycles. The molecule has 1 fully saturated rings. The van der Waals surface area contributed by atoms with Crippen molar-refractivity contribution >= 4 is 5.97 Å². The van der Waals surface area contributed by atoms with Crippen LogP contribution in [0.3, 0.4) is 0 Å². The number of esters is 1. The number of hydrogen-bond acceptors (Lipinski definition) is 7. The van der Waals surface area contributed by atoms with Gasteiger partial charge in [0.25, 0.3) is 0 Å². The largest absolute Gasteiger partial charge is 0.507 e. The first-order valence-electron chi connectivity index (χ1n) is 9.94. The summed E-state index contributed by atoms with van der Waals surface area (Å²) in [6, 6.07) is 11.8. The second-order valence-electron chi connectivity index (χ2n) is 7.35. The van der Waals surface area contributed by atoms with E-state index in [1.54, 1.807) is 37.3 Å². The van der Waals surface area contributed by atoms with Crippen molar-refractivity contribution in [3.8, 4) is 17.2 Å². The van der Waals surface area contributed by atoms with Crippen LogP contribution < -0.4 is 20.3 Å². The van der Waals surface area contributed by atoms with Crippen molar-refractivity contribution in [2.24, 2.45) is 0 Å². The molecule has 1 heterocycles. The van der Waals surface area contributed by atoms with Crippen LogP contribution in [0.2, 0.25) is 0 Å². The van der Waals surface area contributed by atoms with Crippen LogP contribution in [0.15, 0.2) is 54.6 Å². The molecule has 0 aliphatic carbocycles. The van der Waals surface area contributed by atoms with E-state index in [0.717, 1.165) is 5.57 Å². The van der Waals surface area contributed by atoms with Crippen LogP contribution in [0, 0.1) is 0 Å². The van der Waals surface area contributed by atoms with Gasteiger partial charge in [0, 0.05) is 11.6 Å². The van der Waals surface area contributed by atoms with Gasteiger partial charge in [-0.05, 0) is 62.7 Å². The number of nitrogens with one attached hydrogen (secondary N) is 2. The average molecular weight is 412 g/mol. The Bertz CT molecular complexity index is 897. The van der Waals surface area contributed by atoms with E-state index in [1.165, 1.54) is 0 Å². The maximum absolute atomic E-state index is 11.8. The molecule has 3 rings (SSSR count). The lowest BCUT2D eigenvalue weighted by Crippen LogP contribution is -2.33. The van der Waals surface area contributed by atoms with Crippen LogP contribution in [-0.4, -0.2) is 36.4 Å². The molecule has 3 unspecified atom stereocenters. The first-order valence-corrected chi connectivity index (χ1v) is 9.94. The Balaban J connectivity index is 1.73. The van der Waals surface area contributed by atoms with Crippen LogP contribution in [0.4, 0.5) is 0 Å². The van der Waals surface area contributed by atoms with E-state index in [0.29, 0.717) is 35.8 Å². The maximum Gasteiger partial charge on any atom is 0.338 e. The van der Waals surface area contributed by atoms with Crippen molar-refractivity contribution in [2.75, 3.05) is 13.2 Å². The fraction of sp³-hybridized carbons (Fsp3) is 0.348. The molecule has 7 nitrogen and oxygen atoms in total. The molecule has 1 aliphatic heterocycles. The monoisotopic (exact) mass is 412 g/mol. The Hall–Kier alpha value is -3.03. The molecule has 3 N–H and O–H groups in total. The van der Waals surface area contributed by atoms with Gasteiger partial charge < -0.3 is 19.3 Å². The Kier molecular flexibility index (Phi) is 6.97. The summed E-state index contributed by atoms with van der Waals surface area (Å²) in [6.45, 7) is 10.2. The number of benzene rings is 2. The van der Waals surface area contributed by atoms with Gasteiger partial charge in [-0.15, -0.1) is 0 Å². The van der Waals surface area contributed by atoms with Gasteiger partial charge in [0.2, 0.25) is 0 Å². The summed E-state index contributed by atoms with van der Waals surface area (Å²) in [7, 11) is 0. The minimum absolute atomic E-state index is 0.0153. The number of rotatable bonds is 8. The Morgan fingerprint density at radius 1 is 1.13 bits per heavy atom. The fourth-order valence-electron chi connectivity index (χ4n) is 3.22. The van der Waals surface area contributed by atoms with Crippen molar-refractivity contribution in [2.45, 2.75) is 39.0 Å². The molecule has 0 spiro atoms. The first kappa shape index (κ1) is 21.7. The van der Waals surface area contributed by atoms with E-state index in [9.17, 15) is 9.90 Å². The Morgan fingerprint density at radius 2 is 1.83 bits per heavy atom. The van der Waals surface area contributed by atoms with Crippen LogP contribution in [0.25, 0.3) is 0 Å². The van der Waals surface area contributed by atoms with Crippen molar-refractivity contribution in [1.29, 1.82) is 0 Å². The number of phenols is 1. The SMILES string of the molecule is C=C(C)COc1ccc(C2NNC(C)C2Oc2ccc(C(=O)OCC)cc2)c(O)c1. The van der Waals surface area contributed by atoms with E-state index in [4.69, 9.17) is 14.2 Å². The number of aromatic hydroxyl groups is 1. The van der Waals surface area contributed by atoms with Crippen molar-refractivity contribution in [1.82, 2.24) is 10.9 Å². The molecular formula is C23H28N2O5. The summed E-state index contributed by atoms with van der Waals surface area (Å²) in [5.74, 6) is 0.953. The van der Waals surface area contributed by atoms with Gasteiger partial charge in [-0.3, -0.25) is 5.43 Å². The Labute approximate surface area is 176 Å². The van der Waals surface area contributed by atoms with Crippen LogP contribution in [0.1, 0.15) is 42.7 Å². The van der Waals surface area contributed by atoms with Crippen molar-refractivity contribution < 1.29 is 24.1 Å². The molecule has 160 valence electrons. The van der Waals surface area contributed by atoms with Crippen LogP contribution in [-0.2, 0) is 4.74 Å². The van der Waals surface area contributed by atoms with Gasteiger partial charge in [-0.2, -0.15) is 0 Å². The highest BCUT2D eigenvalue weighted by Crippen LogP contribution is 2.34. The predicted octanol–water partition coefficient (Wildman–Crippen LogP) is 3.51. The van der Waals surface area contributed by atoms with Gasteiger partial charge in [0.15, 0.2) is 0 Å². The highest BCUT2D eigenvalue weighted by molar-refractivity contribution is 5.89. The third-order valence-electron chi connectivity index (χ3n) is 4.75. The van der Waals surface area contributed by atoms with E-state index >= 15 is 0 Å². The molecule has 30 heavy (non-hydrogen) atoms. The zero-order valence-electron chi connectivity index (χ0n) is 17.5. The van der Waals surface area contributed by atoms with E-state index < -0.39 is 0 Å². The first-order chi connectivity index (χ1) is 14.4. The average Bonchev–Trinajstić information content (AvgIpc) is 3.07. The number of hydrazine groups is 1. The van der Waals surface area contributed by atoms with Gasteiger partial charge in [0.05, 0.1) is 24.3 Å². The molecule has 3 atom stereocenters. The molecule has 2 aromatic rings. The Morgan fingerprint density at radius 3 is 2.47 bits per heavy atom. The minimum atomic E-state index is -0.363. The normalized spacial score (nSPS) is 20.6. The summed E-state index contributed by atoms with van der Waals surface area (Å²) in [5, 5.41) is 10.6. The number of phenolic OH excluding ortho intramolecular Hbond substituents is 1. The molecule has 0 aromatic heterocycles. The zero-order chi connectivity index (χ0) is 21.7. The van der Waals surface area contributed by atoms with Crippen molar-refractivity contribution in [3.63, 3.8) is 0 Å². The number of carbonyl (C=O) groups is 1. The zero-order valence-corrected chi connectivity index (χ0v) is 17.5. The predicted molar refractivity (Wildman–Crippen MR) is 114 cm³/mol. The van der Waals surface area contributed by atoms with Gasteiger partial charge in [-0.1, -0.05) is 6.58 Å². The molecule has 1 saturated heterocycles. The molecule has 1 aliphatic rings. The highest BCUT2D eigenvalue weighted by atomic mass is 16.5. The fourth-order valence-corrected chi connectivity index (χ4v) is 3.22. The lowest BCUT2D eigenvalue weighted by molar-refractivity contribution is 0.0526. The topological polar surface area (TPSA) is 89.0 Å². The molecule has 7 heteroatoms. The van der Waals surface area contributed by atoms with E-state index in [1.807, 2.05) is 26.0 Å². The van der Waals surface area contributed by atoms with E-state index in [2.05, 4.69) is 17.4 Å². The molecule has 0 saturated carbocycles. The van der Waals surface area contributed by atoms with Crippen molar-refractivity contribution in [3.05, 3.63) is 65.7 Å². The standard InChI is InChI=1S/C23H28N2O5/c1-5-28-23(27)16-6-8-17(9-7-16)30-22-15(4)24-25-21(22)19-11-10-18(12-20(19)26)29-13-14(2)3/h6-12,15,21-22,24-26H,2,5,13H2,1,3-4H3. The van der Waals surface area contributed by atoms with Crippen LogP contribution >= 0.6 is 0 Å². The third kappa shape index (κ3) is 5.11. The summed E-state index contributed by atoms with van der Waals surface area (Å²) in [6.07, 6.45) is -0.286. The lowest BCUT2D eigenvalue weighted by Gasteiger charge is -2.24. The number of ether oxygens (including phenoxy) is 3. The molecular weight excluding hydrogens is 384 g/mol. The van der Waals surface area contributed by atoms with Crippen LogP contribution in [0.5, 0.6) is 17.2 Å².